The third kappa shape index (κ3) is 3.77. The largest absolute Gasteiger partial charge is 0.479 e. The highest BCUT2D eigenvalue weighted by Crippen LogP contribution is 2.28. The van der Waals surface area contributed by atoms with E-state index in [1.54, 1.807) is 11.3 Å². The van der Waals surface area contributed by atoms with Gasteiger partial charge in [0, 0.05) is 16.6 Å². The number of halogens is 1. The Labute approximate surface area is 164 Å². The van der Waals surface area contributed by atoms with Gasteiger partial charge in [-0.05, 0) is 56.9 Å². The number of ether oxygens (including phenoxy) is 2. The van der Waals surface area contributed by atoms with Crippen LogP contribution in [0.25, 0.3) is 4.96 Å². The van der Waals surface area contributed by atoms with Crippen molar-refractivity contribution in [2.45, 2.75) is 45.3 Å². The number of esters is 1. The highest BCUT2D eigenvalue weighted by Gasteiger charge is 2.20. The third-order valence-corrected chi connectivity index (χ3v) is 5.78. The SMILES string of the molecule is C[C@H](Oc1ccc(F)cc1)C(=O)OCc1cc(=O)n2c3c(sc2n1)CCCC3. The van der Waals surface area contributed by atoms with Gasteiger partial charge in [-0.15, -0.1) is 11.3 Å². The Morgan fingerprint density at radius 3 is 2.82 bits per heavy atom. The lowest BCUT2D eigenvalue weighted by Crippen LogP contribution is -2.26. The molecule has 1 aliphatic rings. The van der Waals surface area contributed by atoms with Crippen molar-refractivity contribution >= 4 is 22.3 Å². The summed E-state index contributed by atoms with van der Waals surface area (Å²) in [4.78, 5) is 31.0. The summed E-state index contributed by atoms with van der Waals surface area (Å²) >= 11 is 1.53. The van der Waals surface area contributed by atoms with Crippen LogP contribution >= 0.6 is 11.3 Å². The van der Waals surface area contributed by atoms with Crippen LogP contribution in [0, 0.1) is 5.82 Å². The first-order valence-electron chi connectivity index (χ1n) is 9.13. The Hall–Kier alpha value is -2.74. The molecule has 0 fully saturated rings. The number of hydrogen-bond donors (Lipinski definition) is 0. The molecule has 2 aromatic heterocycles. The molecule has 1 atom stereocenters. The molecule has 1 aliphatic carbocycles. The summed E-state index contributed by atoms with van der Waals surface area (Å²) in [5.41, 5.74) is 1.32. The van der Waals surface area contributed by atoms with E-state index in [1.807, 2.05) is 0 Å². The van der Waals surface area contributed by atoms with Gasteiger partial charge in [-0.2, -0.15) is 0 Å². The summed E-state index contributed by atoms with van der Waals surface area (Å²) in [6.07, 6.45) is 3.21. The van der Waals surface area contributed by atoms with Crippen LogP contribution in [0.4, 0.5) is 4.39 Å². The summed E-state index contributed by atoms with van der Waals surface area (Å²) in [6, 6.07) is 6.79. The third-order valence-electron chi connectivity index (χ3n) is 4.64. The van der Waals surface area contributed by atoms with Gasteiger partial charge < -0.3 is 9.47 Å². The van der Waals surface area contributed by atoms with Gasteiger partial charge in [-0.25, -0.2) is 14.2 Å². The summed E-state index contributed by atoms with van der Waals surface area (Å²) < 4.78 is 25.3. The first kappa shape index (κ1) is 18.6. The molecule has 0 amide bonds. The predicted molar refractivity (Wildman–Crippen MR) is 102 cm³/mol. The fourth-order valence-corrected chi connectivity index (χ4v) is 4.48. The molecule has 0 unspecified atom stereocenters. The lowest BCUT2D eigenvalue weighted by Gasteiger charge is -2.14. The van der Waals surface area contributed by atoms with Gasteiger partial charge in [0.15, 0.2) is 11.1 Å². The molecule has 0 saturated heterocycles. The number of carbonyl (C=O) groups is 1. The first-order chi connectivity index (χ1) is 13.5. The molecule has 0 bridgehead atoms. The van der Waals surface area contributed by atoms with E-state index < -0.39 is 12.1 Å². The van der Waals surface area contributed by atoms with E-state index in [0.29, 0.717) is 16.4 Å². The van der Waals surface area contributed by atoms with Crippen molar-refractivity contribution in [2.75, 3.05) is 0 Å². The van der Waals surface area contributed by atoms with Crippen LogP contribution in [-0.2, 0) is 29.0 Å². The van der Waals surface area contributed by atoms with E-state index in [9.17, 15) is 14.0 Å². The number of rotatable bonds is 5. The molecule has 28 heavy (non-hydrogen) atoms. The van der Waals surface area contributed by atoms with Crippen molar-refractivity contribution < 1.29 is 18.7 Å². The summed E-state index contributed by atoms with van der Waals surface area (Å²) in [5.74, 6) is -0.602. The molecule has 0 N–H and O–H groups in total. The highest BCUT2D eigenvalue weighted by atomic mass is 32.1. The van der Waals surface area contributed by atoms with Gasteiger partial charge in [0.05, 0.1) is 5.69 Å². The average Bonchev–Trinajstić information content (AvgIpc) is 3.06. The Kier molecular flexibility index (Phi) is 5.13. The fraction of sp³-hybridized carbons (Fsp3) is 0.350. The number of nitrogens with zero attached hydrogens (tertiary/aromatic N) is 2. The van der Waals surface area contributed by atoms with Gasteiger partial charge in [0.25, 0.3) is 5.56 Å². The number of hydrogen-bond acceptors (Lipinski definition) is 6. The zero-order valence-electron chi connectivity index (χ0n) is 15.3. The second-order valence-electron chi connectivity index (χ2n) is 6.70. The zero-order chi connectivity index (χ0) is 19.7. The van der Waals surface area contributed by atoms with E-state index in [0.717, 1.165) is 31.4 Å². The van der Waals surface area contributed by atoms with Crippen LogP contribution in [-0.4, -0.2) is 21.5 Å². The van der Waals surface area contributed by atoms with Crippen LogP contribution in [0.2, 0.25) is 0 Å². The summed E-state index contributed by atoms with van der Waals surface area (Å²) in [6.45, 7) is 1.44. The van der Waals surface area contributed by atoms with Crippen LogP contribution in [0.1, 0.15) is 36.0 Å². The van der Waals surface area contributed by atoms with Crippen molar-refractivity contribution in [3.05, 3.63) is 62.8 Å². The fourth-order valence-electron chi connectivity index (χ4n) is 3.24. The van der Waals surface area contributed by atoms with Gasteiger partial charge in [0.1, 0.15) is 18.2 Å². The molecule has 0 saturated carbocycles. The normalized spacial score (nSPS) is 14.5. The maximum absolute atomic E-state index is 12.9. The number of carbonyl (C=O) groups excluding carboxylic acids is 1. The van der Waals surface area contributed by atoms with Crippen LogP contribution < -0.4 is 10.3 Å². The minimum absolute atomic E-state index is 0.107. The van der Waals surface area contributed by atoms with E-state index in [-0.39, 0.29) is 18.0 Å². The highest BCUT2D eigenvalue weighted by molar-refractivity contribution is 7.17. The number of aryl methyl sites for hydroxylation is 2. The number of aromatic nitrogens is 2. The van der Waals surface area contributed by atoms with E-state index in [4.69, 9.17) is 9.47 Å². The molecule has 3 aromatic rings. The molecule has 0 aliphatic heterocycles. The summed E-state index contributed by atoms with van der Waals surface area (Å²) in [7, 11) is 0. The van der Waals surface area contributed by atoms with E-state index in [2.05, 4.69) is 4.98 Å². The lowest BCUT2D eigenvalue weighted by molar-refractivity contribution is -0.152. The maximum atomic E-state index is 12.9. The smallest absolute Gasteiger partial charge is 0.347 e. The standard InChI is InChI=1S/C20H19FN2O4S/c1-12(27-15-8-6-13(21)7-9-15)19(25)26-11-14-10-18(24)23-16-4-2-3-5-17(16)28-20(23)22-14/h6-10,12H,2-5,11H2,1H3/t12-/m0/s1. The summed E-state index contributed by atoms with van der Waals surface area (Å²) in [5, 5.41) is 0. The Balaban J connectivity index is 1.44. The second kappa shape index (κ2) is 7.71. The Morgan fingerprint density at radius 1 is 1.29 bits per heavy atom. The minimum Gasteiger partial charge on any atom is -0.479 e. The second-order valence-corrected chi connectivity index (χ2v) is 7.77. The Bertz CT molecular complexity index is 1070. The minimum atomic E-state index is -0.871. The monoisotopic (exact) mass is 402 g/mol. The molecule has 6 nitrogen and oxygen atoms in total. The topological polar surface area (TPSA) is 69.9 Å². The predicted octanol–water partition coefficient (Wildman–Crippen LogP) is 3.28. The zero-order valence-corrected chi connectivity index (χ0v) is 16.1. The maximum Gasteiger partial charge on any atom is 0.347 e. The van der Waals surface area contributed by atoms with Crippen LogP contribution in [0.5, 0.6) is 5.75 Å². The molecular formula is C20H19FN2O4S. The number of thiazole rings is 1. The first-order valence-corrected chi connectivity index (χ1v) is 9.95. The van der Waals surface area contributed by atoms with Crippen LogP contribution in [0.3, 0.4) is 0 Å². The molecule has 0 spiro atoms. The molecule has 146 valence electrons. The van der Waals surface area contributed by atoms with Gasteiger partial charge in [-0.1, -0.05) is 0 Å². The van der Waals surface area contributed by atoms with E-state index in [1.165, 1.54) is 46.5 Å². The molecule has 1 aromatic carbocycles. The molecular weight excluding hydrogens is 383 g/mol. The van der Waals surface area contributed by atoms with Crippen LogP contribution in [0.15, 0.2) is 35.1 Å². The molecule has 2 heterocycles. The van der Waals surface area contributed by atoms with Gasteiger partial charge in [0.2, 0.25) is 0 Å². The van der Waals surface area contributed by atoms with Crippen molar-refractivity contribution in [1.82, 2.24) is 9.38 Å². The molecule has 0 radical (unpaired) electrons. The van der Waals surface area contributed by atoms with Crippen molar-refractivity contribution in [3.8, 4) is 5.75 Å². The van der Waals surface area contributed by atoms with Crippen molar-refractivity contribution in [3.63, 3.8) is 0 Å². The van der Waals surface area contributed by atoms with Crippen molar-refractivity contribution in [1.29, 1.82) is 0 Å². The van der Waals surface area contributed by atoms with Gasteiger partial charge >= 0.3 is 5.97 Å². The Morgan fingerprint density at radius 2 is 2.04 bits per heavy atom. The van der Waals surface area contributed by atoms with Gasteiger partial charge in [-0.3, -0.25) is 9.20 Å². The number of benzene rings is 1. The molecule has 8 heteroatoms. The quantitative estimate of drug-likeness (QED) is 0.613. The van der Waals surface area contributed by atoms with E-state index >= 15 is 0 Å². The number of fused-ring (bicyclic) bond motifs is 3. The lowest BCUT2D eigenvalue weighted by atomic mass is 10.0. The molecule has 4 rings (SSSR count). The van der Waals surface area contributed by atoms with Crippen molar-refractivity contribution in [2.24, 2.45) is 0 Å². The average molecular weight is 402 g/mol.